The van der Waals surface area contributed by atoms with Gasteiger partial charge in [0.25, 0.3) is 5.91 Å². The zero-order chi connectivity index (χ0) is 16.9. The van der Waals surface area contributed by atoms with Gasteiger partial charge in [0.1, 0.15) is 19.0 Å². The molecule has 1 N–H and O–H groups in total. The van der Waals surface area contributed by atoms with Crippen LogP contribution in [-0.4, -0.2) is 25.1 Å². The van der Waals surface area contributed by atoms with Crippen LogP contribution in [0.25, 0.3) is 0 Å². The second-order valence-electron chi connectivity index (χ2n) is 5.16. The normalized spacial score (nSPS) is 12.4. The number of benzene rings is 2. The third-order valence-electron chi connectivity index (χ3n) is 3.44. The van der Waals surface area contributed by atoms with Crippen LogP contribution in [0.5, 0.6) is 17.2 Å². The smallest absolute Gasteiger partial charge is 0.310 e. The number of esters is 1. The van der Waals surface area contributed by atoms with Crippen LogP contribution in [0.4, 0.5) is 5.69 Å². The molecular formula is C18H17NO5. The molecule has 0 fully saturated rings. The summed E-state index contributed by atoms with van der Waals surface area (Å²) in [6, 6.07) is 11.6. The number of nitrogens with one attached hydrogen (secondary N) is 1. The highest BCUT2D eigenvalue weighted by atomic mass is 16.6. The fourth-order valence-corrected chi connectivity index (χ4v) is 2.20. The van der Waals surface area contributed by atoms with Crippen molar-refractivity contribution in [3.63, 3.8) is 0 Å². The van der Waals surface area contributed by atoms with E-state index in [0.717, 1.165) is 0 Å². The minimum absolute atomic E-state index is 0.264. The first kappa shape index (κ1) is 15.9. The van der Waals surface area contributed by atoms with Gasteiger partial charge in [-0.1, -0.05) is 6.92 Å². The van der Waals surface area contributed by atoms with Crippen molar-refractivity contribution in [2.24, 2.45) is 0 Å². The Morgan fingerprint density at radius 1 is 1.04 bits per heavy atom. The first-order chi connectivity index (χ1) is 11.7. The SMILES string of the molecule is CCC(=O)Oc1ccc(C(=O)Nc2ccc3c(c2)OCCO3)cc1. The summed E-state index contributed by atoms with van der Waals surface area (Å²) in [5.41, 5.74) is 1.08. The van der Waals surface area contributed by atoms with Crippen LogP contribution in [0, 0.1) is 0 Å². The van der Waals surface area contributed by atoms with Gasteiger partial charge in [-0.15, -0.1) is 0 Å². The molecule has 3 rings (SSSR count). The maximum Gasteiger partial charge on any atom is 0.310 e. The Morgan fingerprint density at radius 2 is 1.75 bits per heavy atom. The van der Waals surface area contributed by atoms with Crippen LogP contribution in [0.15, 0.2) is 42.5 Å². The predicted octanol–water partition coefficient (Wildman–Crippen LogP) is 3.03. The summed E-state index contributed by atoms with van der Waals surface area (Å²) >= 11 is 0. The molecular weight excluding hydrogens is 310 g/mol. The molecule has 24 heavy (non-hydrogen) atoms. The number of fused-ring (bicyclic) bond motifs is 1. The number of carbonyl (C=O) groups excluding carboxylic acids is 2. The molecule has 1 aliphatic heterocycles. The predicted molar refractivity (Wildman–Crippen MR) is 87.8 cm³/mol. The Balaban J connectivity index is 1.67. The van der Waals surface area contributed by atoms with Gasteiger partial charge >= 0.3 is 5.97 Å². The van der Waals surface area contributed by atoms with Gasteiger partial charge in [-0.2, -0.15) is 0 Å². The van der Waals surface area contributed by atoms with E-state index in [1.807, 2.05) is 0 Å². The van der Waals surface area contributed by atoms with E-state index in [-0.39, 0.29) is 11.9 Å². The lowest BCUT2D eigenvalue weighted by molar-refractivity contribution is -0.134. The Hall–Kier alpha value is -3.02. The summed E-state index contributed by atoms with van der Waals surface area (Å²) < 4.78 is 16.0. The van der Waals surface area contributed by atoms with Gasteiger partial charge in [0.05, 0.1) is 0 Å². The first-order valence-electron chi connectivity index (χ1n) is 7.67. The molecule has 1 aliphatic rings. The molecule has 2 aromatic rings. The van der Waals surface area contributed by atoms with Crippen molar-refractivity contribution in [3.05, 3.63) is 48.0 Å². The molecule has 124 valence electrons. The second kappa shape index (κ2) is 7.04. The molecule has 0 spiro atoms. The third-order valence-corrected chi connectivity index (χ3v) is 3.44. The lowest BCUT2D eigenvalue weighted by atomic mass is 10.2. The zero-order valence-electron chi connectivity index (χ0n) is 13.2. The van der Waals surface area contributed by atoms with Gasteiger partial charge in [0.15, 0.2) is 11.5 Å². The molecule has 0 aliphatic carbocycles. The van der Waals surface area contributed by atoms with Crippen molar-refractivity contribution in [1.29, 1.82) is 0 Å². The van der Waals surface area contributed by atoms with Crippen molar-refractivity contribution in [1.82, 2.24) is 0 Å². The Bertz CT molecular complexity index is 755. The molecule has 1 heterocycles. The van der Waals surface area contributed by atoms with Crippen molar-refractivity contribution in [3.8, 4) is 17.2 Å². The van der Waals surface area contributed by atoms with Crippen molar-refractivity contribution in [2.75, 3.05) is 18.5 Å². The second-order valence-corrected chi connectivity index (χ2v) is 5.16. The van der Waals surface area contributed by atoms with E-state index >= 15 is 0 Å². The molecule has 0 saturated carbocycles. The van der Waals surface area contributed by atoms with Crippen molar-refractivity contribution < 1.29 is 23.8 Å². The van der Waals surface area contributed by atoms with Crippen molar-refractivity contribution >= 4 is 17.6 Å². The van der Waals surface area contributed by atoms with Crippen molar-refractivity contribution in [2.45, 2.75) is 13.3 Å². The molecule has 6 heteroatoms. The largest absolute Gasteiger partial charge is 0.486 e. The number of carbonyl (C=O) groups is 2. The number of amides is 1. The maximum absolute atomic E-state index is 12.3. The number of hydrogen-bond donors (Lipinski definition) is 1. The molecule has 6 nitrogen and oxygen atoms in total. The van der Waals surface area contributed by atoms with Gasteiger partial charge in [0, 0.05) is 23.7 Å². The molecule has 0 aromatic heterocycles. The monoisotopic (exact) mass is 327 g/mol. The number of anilines is 1. The van der Waals surface area contributed by atoms with Crippen LogP contribution < -0.4 is 19.5 Å². The van der Waals surface area contributed by atoms with E-state index < -0.39 is 0 Å². The third kappa shape index (κ3) is 3.65. The van der Waals surface area contributed by atoms with Gasteiger partial charge in [-0.25, -0.2) is 0 Å². The maximum atomic E-state index is 12.3. The first-order valence-corrected chi connectivity index (χ1v) is 7.67. The summed E-state index contributed by atoms with van der Waals surface area (Å²) in [5.74, 6) is 1.11. The fourth-order valence-electron chi connectivity index (χ4n) is 2.20. The molecule has 0 radical (unpaired) electrons. The van der Waals surface area contributed by atoms with Crippen LogP contribution in [0.3, 0.4) is 0 Å². The number of rotatable bonds is 4. The number of ether oxygens (including phenoxy) is 3. The van der Waals surface area contributed by atoms with E-state index in [1.54, 1.807) is 49.4 Å². The van der Waals surface area contributed by atoms with E-state index in [1.165, 1.54) is 0 Å². The van der Waals surface area contributed by atoms with Gasteiger partial charge in [-0.05, 0) is 36.4 Å². The Morgan fingerprint density at radius 3 is 2.46 bits per heavy atom. The lowest BCUT2D eigenvalue weighted by Gasteiger charge is -2.19. The molecule has 1 amide bonds. The minimum Gasteiger partial charge on any atom is -0.486 e. The summed E-state index contributed by atoms with van der Waals surface area (Å²) in [6.07, 6.45) is 0.298. The highest BCUT2D eigenvalue weighted by Gasteiger charge is 2.13. The lowest BCUT2D eigenvalue weighted by Crippen LogP contribution is -2.16. The van der Waals surface area contributed by atoms with Crippen LogP contribution in [0.1, 0.15) is 23.7 Å². The summed E-state index contributed by atoms with van der Waals surface area (Å²) in [5, 5.41) is 2.80. The molecule has 2 aromatic carbocycles. The standard InChI is InChI=1S/C18H17NO5/c1-2-17(20)24-14-6-3-12(4-7-14)18(21)19-13-5-8-15-16(11-13)23-10-9-22-15/h3-8,11H,2,9-10H2,1H3,(H,19,21). The summed E-state index contributed by atoms with van der Waals surface area (Å²) in [6.45, 7) is 2.73. The van der Waals surface area contributed by atoms with Gasteiger partial charge < -0.3 is 19.5 Å². The molecule has 0 atom stereocenters. The summed E-state index contributed by atoms with van der Waals surface area (Å²) in [4.78, 5) is 23.5. The Labute approximate surface area is 139 Å². The molecule has 0 unspecified atom stereocenters. The van der Waals surface area contributed by atoms with Crippen LogP contribution >= 0.6 is 0 Å². The highest BCUT2D eigenvalue weighted by molar-refractivity contribution is 6.04. The molecule has 0 saturated heterocycles. The highest BCUT2D eigenvalue weighted by Crippen LogP contribution is 2.32. The zero-order valence-corrected chi connectivity index (χ0v) is 13.2. The van der Waals surface area contributed by atoms with Gasteiger partial charge in [0.2, 0.25) is 0 Å². The minimum atomic E-state index is -0.316. The van der Waals surface area contributed by atoms with E-state index in [9.17, 15) is 9.59 Å². The average Bonchev–Trinajstić information content (AvgIpc) is 2.62. The van der Waals surface area contributed by atoms with Gasteiger partial charge in [-0.3, -0.25) is 9.59 Å². The van der Waals surface area contributed by atoms with E-state index in [4.69, 9.17) is 14.2 Å². The fraction of sp³-hybridized carbons (Fsp3) is 0.222. The Kier molecular flexibility index (Phi) is 4.65. The van der Waals surface area contributed by atoms with E-state index in [0.29, 0.717) is 48.1 Å². The number of hydrogen-bond acceptors (Lipinski definition) is 5. The summed E-state index contributed by atoms with van der Waals surface area (Å²) in [7, 11) is 0. The quantitative estimate of drug-likeness (QED) is 0.690. The van der Waals surface area contributed by atoms with Crippen LogP contribution in [0.2, 0.25) is 0 Å². The van der Waals surface area contributed by atoms with Crippen LogP contribution in [-0.2, 0) is 4.79 Å². The topological polar surface area (TPSA) is 73.9 Å². The van der Waals surface area contributed by atoms with E-state index in [2.05, 4.69) is 5.32 Å². The average molecular weight is 327 g/mol. The molecule has 0 bridgehead atoms.